The molecular formula is C22H16Cl2N2O2. The lowest BCUT2D eigenvalue weighted by Gasteiger charge is -2.18. The summed E-state index contributed by atoms with van der Waals surface area (Å²) >= 11 is 12.7. The van der Waals surface area contributed by atoms with Crippen LogP contribution in [0.3, 0.4) is 0 Å². The van der Waals surface area contributed by atoms with E-state index in [0.29, 0.717) is 32.6 Å². The Labute approximate surface area is 172 Å². The summed E-state index contributed by atoms with van der Waals surface area (Å²) in [6.45, 7) is 0. The van der Waals surface area contributed by atoms with Gasteiger partial charge >= 0.3 is 5.97 Å². The zero-order valence-corrected chi connectivity index (χ0v) is 16.5. The van der Waals surface area contributed by atoms with E-state index in [-0.39, 0.29) is 0 Å². The van der Waals surface area contributed by atoms with E-state index < -0.39 is 11.9 Å². The lowest BCUT2D eigenvalue weighted by molar-refractivity contribution is -0.141. The van der Waals surface area contributed by atoms with Crippen LogP contribution in [0.4, 0.5) is 0 Å². The third kappa shape index (κ3) is 3.26. The molecule has 4 rings (SSSR count). The summed E-state index contributed by atoms with van der Waals surface area (Å²) in [5, 5.41) is 1.08. The maximum Gasteiger partial charge on any atom is 0.319 e. The predicted molar refractivity (Wildman–Crippen MR) is 111 cm³/mol. The largest absolute Gasteiger partial charge is 0.468 e. The monoisotopic (exact) mass is 410 g/mol. The van der Waals surface area contributed by atoms with E-state index in [9.17, 15) is 4.79 Å². The van der Waals surface area contributed by atoms with Crippen molar-refractivity contribution >= 4 is 34.8 Å². The zero-order valence-electron chi connectivity index (χ0n) is 15.0. The van der Waals surface area contributed by atoms with Crippen LogP contribution in [0.2, 0.25) is 10.0 Å². The average Bonchev–Trinajstić information content (AvgIpc) is 3.09. The van der Waals surface area contributed by atoms with E-state index in [2.05, 4.69) is 0 Å². The van der Waals surface area contributed by atoms with Gasteiger partial charge in [-0.15, -0.1) is 0 Å². The van der Waals surface area contributed by atoms with Crippen molar-refractivity contribution in [3.05, 3.63) is 94.2 Å². The maximum atomic E-state index is 12.9. The first kappa shape index (κ1) is 18.5. The molecule has 6 heteroatoms. The van der Waals surface area contributed by atoms with Crippen molar-refractivity contribution in [1.82, 2.24) is 9.38 Å². The summed E-state index contributed by atoms with van der Waals surface area (Å²) in [4.78, 5) is 17.7. The molecular weight excluding hydrogens is 395 g/mol. The fourth-order valence-electron chi connectivity index (χ4n) is 3.35. The highest BCUT2D eigenvalue weighted by Gasteiger charge is 2.32. The van der Waals surface area contributed by atoms with Crippen LogP contribution in [-0.4, -0.2) is 22.5 Å². The van der Waals surface area contributed by atoms with Crippen molar-refractivity contribution in [3.63, 3.8) is 0 Å². The first-order chi connectivity index (χ1) is 13.6. The van der Waals surface area contributed by atoms with E-state index in [1.165, 1.54) is 7.11 Å². The van der Waals surface area contributed by atoms with E-state index in [4.69, 9.17) is 32.9 Å². The standard InChI is InChI=1S/C22H16Cl2N2O2/c1-28-22(27)19(16-9-2-3-10-17(16)24)21-20(14-7-6-8-15(23)13-14)25-18-11-4-5-12-26(18)21/h2-13,19H,1H3. The number of aromatic nitrogens is 2. The van der Waals surface area contributed by atoms with Gasteiger partial charge in [-0.3, -0.25) is 4.79 Å². The maximum absolute atomic E-state index is 12.9. The molecule has 1 unspecified atom stereocenters. The molecule has 4 nitrogen and oxygen atoms in total. The molecule has 28 heavy (non-hydrogen) atoms. The number of imidazole rings is 1. The topological polar surface area (TPSA) is 43.6 Å². The van der Waals surface area contributed by atoms with Crippen molar-refractivity contribution in [2.24, 2.45) is 0 Å². The number of nitrogens with zero attached hydrogens (tertiary/aromatic N) is 2. The summed E-state index contributed by atoms with van der Waals surface area (Å²) in [5.41, 5.74) is 3.52. The smallest absolute Gasteiger partial charge is 0.319 e. The van der Waals surface area contributed by atoms with Crippen LogP contribution in [0.5, 0.6) is 0 Å². The van der Waals surface area contributed by atoms with Crippen molar-refractivity contribution in [2.45, 2.75) is 5.92 Å². The van der Waals surface area contributed by atoms with Gasteiger partial charge in [-0.1, -0.05) is 59.6 Å². The molecule has 0 aliphatic carbocycles. The number of hydrogen-bond donors (Lipinski definition) is 0. The number of halogens is 2. The Morgan fingerprint density at radius 2 is 1.82 bits per heavy atom. The summed E-state index contributed by atoms with van der Waals surface area (Å²) in [5.74, 6) is -1.16. The van der Waals surface area contributed by atoms with Gasteiger partial charge in [0.25, 0.3) is 0 Å². The van der Waals surface area contributed by atoms with Crippen molar-refractivity contribution in [1.29, 1.82) is 0 Å². The number of esters is 1. The molecule has 0 aliphatic rings. The van der Waals surface area contributed by atoms with Crippen LogP contribution in [0.1, 0.15) is 17.2 Å². The van der Waals surface area contributed by atoms with Crippen LogP contribution in [0, 0.1) is 0 Å². The average molecular weight is 411 g/mol. The molecule has 1 atom stereocenters. The number of carbonyl (C=O) groups is 1. The molecule has 0 saturated heterocycles. The SMILES string of the molecule is COC(=O)C(c1ccccc1Cl)c1c(-c2cccc(Cl)c2)nc2ccccn12. The first-order valence-corrected chi connectivity index (χ1v) is 9.41. The number of rotatable bonds is 4. The highest BCUT2D eigenvalue weighted by atomic mass is 35.5. The third-order valence-electron chi connectivity index (χ3n) is 4.59. The molecule has 2 heterocycles. The summed E-state index contributed by atoms with van der Waals surface area (Å²) in [7, 11) is 1.37. The van der Waals surface area contributed by atoms with Crippen LogP contribution < -0.4 is 0 Å². The molecule has 0 aliphatic heterocycles. The Kier molecular flexibility index (Phi) is 5.07. The zero-order chi connectivity index (χ0) is 19.7. The second-order valence-electron chi connectivity index (χ2n) is 6.26. The summed E-state index contributed by atoms with van der Waals surface area (Å²) in [6, 6.07) is 20.3. The molecule has 0 fully saturated rings. The Morgan fingerprint density at radius 1 is 1.04 bits per heavy atom. The summed E-state index contributed by atoms with van der Waals surface area (Å²) in [6.07, 6.45) is 1.87. The van der Waals surface area contributed by atoms with Gasteiger partial charge in [0, 0.05) is 21.8 Å². The third-order valence-corrected chi connectivity index (χ3v) is 5.17. The normalized spacial score (nSPS) is 12.1. The molecule has 0 bridgehead atoms. The van der Waals surface area contributed by atoms with Crippen LogP contribution in [0.15, 0.2) is 72.9 Å². The molecule has 0 spiro atoms. The van der Waals surface area contributed by atoms with Crippen LogP contribution in [0.25, 0.3) is 16.9 Å². The number of ether oxygens (including phenoxy) is 1. The van der Waals surface area contributed by atoms with E-state index in [1.807, 2.05) is 65.2 Å². The number of benzene rings is 2. The molecule has 2 aromatic carbocycles. The Bertz CT molecular complexity index is 1170. The molecule has 2 aromatic heterocycles. The molecule has 140 valence electrons. The van der Waals surface area contributed by atoms with Gasteiger partial charge in [0.15, 0.2) is 0 Å². The van der Waals surface area contributed by atoms with Gasteiger partial charge in [-0.2, -0.15) is 0 Å². The minimum absolute atomic E-state index is 0.415. The van der Waals surface area contributed by atoms with Gasteiger partial charge in [0.05, 0.1) is 18.5 Å². The fraction of sp³-hybridized carbons (Fsp3) is 0.0909. The van der Waals surface area contributed by atoms with Crippen molar-refractivity contribution in [2.75, 3.05) is 7.11 Å². The molecule has 0 saturated carbocycles. The van der Waals surface area contributed by atoms with Crippen LogP contribution >= 0.6 is 23.2 Å². The molecule has 0 amide bonds. The van der Waals surface area contributed by atoms with Gasteiger partial charge in [-0.25, -0.2) is 4.98 Å². The Morgan fingerprint density at radius 3 is 2.57 bits per heavy atom. The van der Waals surface area contributed by atoms with Crippen LogP contribution in [-0.2, 0) is 9.53 Å². The van der Waals surface area contributed by atoms with Gasteiger partial charge in [0.2, 0.25) is 0 Å². The lowest BCUT2D eigenvalue weighted by Crippen LogP contribution is -2.18. The van der Waals surface area contributed by atoms with Crippen molar-refractivity contribution in [3.8, 4) is 11.3 Å². The second-order valence-corrected chi connectivity index (χ2v) is 7.11. The molecule has 4 aromatic rings. The Hall–Kier alpha value is -2.82. The van der Waals surface area contributed by atoms with Crippen molar-refractivity contribution < 1.29 is 9.53 Å². The minimum Gasteiger partial charge on any atom is -0.468 e. The molecule has 0 radical (unpaired) electrons. The van der Waals surface area contributed by atoms with Gasteiger partial charge in [-0.05, 0) is 35.9 Å². The van der Waals surface area contributed by atoms with E-state index >= 15 is 0 Å². The second kappa shape index (κ2) is 7.66. The minimum atomic E-state index is -0.745. The number of fused-ring (bicyclic) bond motifs is 1. The highest BCUT2D eigenvalue weighted by Crippen LogP contribution is 2.38. The first-order valence-electron chi connectivity index (χ1n) is 8.65. The Balaban J connectivity index is 2.06. The fourth-order valence-corrected chi connectivity index (χ4v) is 3.79. The van der Waals surface area contributed by atoms with Gasteiger partial charge < -0.3 is 9.14 Å². The predicted octanol–water partition coefficient (Wildman–Crippen LogP) is 5.61. The quantitative estimate of drug-likeness (QED) is 0.410. The van der Waals surface area contributed by atoms with E-state index in [0.717, 1.165) is 5.56 Å². The number of carbonyl (C=O) groups excluding carboxylic acids is 1. The van der Waals surface area contributed by atoms with E-state index in [1.54, 1.807) is 12.1 Å². The summed E-state index contributed by atoms with van der Waals surface area (Å²) < 4.78 is 7.03. The number of hydrogen-bond acceptors (Lipinski definition) is 3. The van der Waals surface area contributed by atoms with Gasteiger partial charge in [0.1, 0.15) is 11.6 Å². The molecule has 0 N–H and O–H groups in total. The highest BCUT2D eigenvalue weighted by molar-refractivity contribution is 6.31. The number of methoxy groups -OCH3 is 1. The number of pyridine rings is 1. The lowest BCUT2D eigenvalue weighted by atomic mass is 9.92.